The first-order valence-electron chi connectivity index (χ1n) is 14.6. The van der Waals surface area contributed by atoms with Crippen LogP contribution in [0.5, 0.6) is 5.88 Å². The molecule has 2 aromatic carbocycles. The first-order valence-corrected chi connectivity index (χ1v) is 15.4. The van der Waals surface area contributed by atoms with Gasteiger partial charge in [-0.25, -0.2) is 23.9 Å². The molecule has 0 saturated carbocycles. The van der Waals surface area contributed by atoms with Gasteiger partial charge in [0, 0.05) is 28.7 Å². The van der Waals surface area contributed by atoms with Gasteiger partial charge in [0.1, 0.15) is 16.6 Å². The number of hydroxylamine groups is 1. The molecule has 0 atom stereocenters. The van der Waals surface area contributed by atoms with Gasteiger partial charge in [-0.15, -0.1) is 21.5 Å². The molecular weight excluding hydrogens is 648 g/mol. The Bertz CT molecular complexity index is 1720. The van der Waals surface area contributed by atoms with Crippen molar-refractivity contribution in [1.82, 2.24) is 20.6 Å². The van der Waals surface area contributed by atoms with Gasteiger partial charge in [-0.05, 0) is 62.0 Å². The summed E-state index contributed by atoms with van der Waals surface area (Å²) in [5.41, 5.74) is 3.45. The molecule has 0 radical (unpaired) electrons. The number of halogens is 2. The number of urea groups is 1. The second-order valence-corrected chi connectivity index (χ2v) is 11.5. The zero-order valence-electron chi connectivity index (χ0n) is 26.9. The van der Waals surface area contributed by atoms with Crippen LogP contribution in [0.2, 0.25) is 0 Å². The zero-order chi connectivity index (χ0) is 34.8. The molecule has 0 saturated heterocycles. The Balaban J connectivity index is 1.91. The average molecular weight is 684 g/mol. The smallest absolute Gasteiger partial charge is 0.415 e. The Hall–Kier alpha value is -5.19. The van der Waals surface area contributed by atoms with E-state index in [0.29, 0.717) is 28.1 Å². The van der Waals surface area contributed by atoms with E-state index >= 15 is 0 Å². The number of ether oxygens (including phenoxy) is 2. The molecule has 254 valence electrons. The highest BCUT2D eigenvalue weighted by Gasteiger charge is 2.33. The fraction of sp³-hybridized carbons (Fsp3) is 0.281. The first kappa shape index (κ1) is 35.7. The second kappa shape index (κ2) is 16.6. The van der Waals surface area contributed by atoms with Gasteiger partial charge in [-0.1, -0.05) is 25.1 Å². The van der Waals surface area contributed by atoms with E-state index in [1.165, 1.54) is 32.4 Å². The maximum atomic E-state index is 15.0. The number of nitrogens with one attached hydrogen (secondary N) is 3. The van der Waals surface area contributed by atoms with Gasteiger partial charge in [0.15, 0.2) is 5.82 Å². The number of aromatic nitrogens is 2. The van der Waals surface area contributed by atoms with Crippen LogP contribution in [0.25, 0.3) is 10.4 Å². The topological polar surface area (TPSA) is 147 Å². The van der Waals surface area contributed by atoms with Crippen molar-refractivity contribution in [2.75, 3.05) is 50.5 Å². The molecule has 4 amide bonds. The number of thiophene rings is 1. The van der Waals surface area contributed by atoms with E-state index in [0.717, 1.165) is 28.4 Å². The lowest BCUT2D eigenvalue weighted by Gasteiger charge is -2.23. The number of carbonyl (C=O) groups is 3. The zero-order valence-corrected chi connectivity index (χ0v) is 27.7. The van der Waals surface area contributed by atoms with Crippen LogP contribution in [-0.2, 0) is 22.7 Å². The molecule has 3 N–H and O–H groups in total. The molecule has 0 fully saturated rings. The quantitative estimate of drug-likeness (QED) is 0.144. The third-order valence-electron chi connectivity index (χ3n) is 6.65. The third-order valence-corrected chi connectivity index (χ3v) is 7.96. The van der Waals surface area contributed by atoms with E-state index in [9.17, 15) is 23.2 Å². The SMILES string of the molecule is CCCOC(=O)N(Cc1c(F)cccc1F)c1sc(-c2ccc(NC(=O)NOC)cc2)c(CN(C)C)c1C(=O)Nc1ccc(OC)nn1. The predicted molar refractivity (Wildman–Crippen MR) is 177 cm³/mol. The minimum Gasteiger partial charge on any atom is -0.480 e. The molecule has 0 bridgehead atoms. The molecule has 0 aliphatic heterocycles. The number of rotatable bonds is 13. The Kier molecular flexibility index (Phi) is 12.3. The highest BCUT2D eigenvalue weighted by molar-refractivity contribution is 7.20. The lowest BCUT2D eigenvalue weighted by Crippen LogP contribution is -2.33. The molecule has 13 nitrogen and oxygen atoms in total. The first-order chi connectivity index (χ1) is 23.1. The summed E-state index contributed by atoms with van der Waals surface area (Å²) < 4.78 is 40.5. The van der Waals surface area contributed by atoms with Crippen molar-refractivity contribution in [3.63, 3.8) is 0 Å². The fourth-order valence-electron chi connectivity index (χ4n) is 4.53. The van der Waals surface area contributed by atoms with E-state index in [1.54, 1.807) is 45.3 Å². The molecule has 48 heavy (non-hydrogen) atoms. The van der Waals surface area contributed by atoms with Crippen LogP contribution >= 0.6 is 11.3 Å². The lowest BCUT2D eigenvalue weighted by molar-refractivity contribution is 0.102. The predicted octanol–water partition coefficient (Wildman–Crippen LogP) is 6.04. The van der Waals surface area contributed by atoms with Gasteiger partial charge in [-0.3, -0.25) is 14.5 Å². The van der Waals surface area contributed by atoms with Crippen LogP contribution in [0.3, 0.4) is 0 Å². The van der Waals surface area contributed by atoms with Gasteiger partial charge in [0.2, 0.25) is 5.88 Å². The number of benzene rings is 2. The van der Waals surface area contributed by atoms with E-state index in [1.807, 2.05) is 4.90 Å². The van der Waals surface area contributed by atoms with E-state index in [2.05, 4.69) is 31.1 Å². The number of carbonyl (C=O) groups excluding carboxylic acids is 3. The average Bonchev–Trinajstić information content (AvgIpc) is 3.42. The van der Waals surface area contributed by atoms with Crippen LogP contribution < -0.4 is 25.8 Å². The van der Waals surface area contributed by atoms with Crippen molar-refractivity contribution in [1.29, 1.82) is 0 Å². The third kappa shape index (κ3) is 8.78. The van der Waals surface area contributed by atoms with Crippen molar-refractivity contribution in [2.45, 2.75) is 26.4 Å². The lowest BCUT2D eigenvalue weighted by atomic mass is 10.0. The summed E-state index contributed by atoms with van der Waals surface area (Å²) in [6.07, 6.45) is -0.410. The number of hydrogen-bond acceptors (Lipinski definition) is 10. The van der Waals surface area contributed by atoms with Crippen LogP contribution in [-0.4, -0.2) is 68.1 Å². The molecule has 0 aliphatic carbocycles. The van der Waals surface area contributed by atoms with Crippen LogP contribution in [0.15, 0.2) is 54.6 Å². The summed E-state index contributed by atoms with van der Waals surface area (Å²) >= 11 is 1.07. The summed E-state index contributed by atoms with van der Waals surface area (Å²) in [5, 5.41) is 13.3. The van der Waals surface area contributed by atoms with Crippen molar-refractivity contribution in [2.24, 2.45) is 0 Å². The largest absolute Gasteiger partial charge is 0.480 e. The van der Waals surface area contributed by atoms with E-state index in [-0.39, 0.29) is 41.0 Å². The Morgan fingerprint density at radius 2 is 1.60 bits per heavy atom. The Morgan fingerprint density at radius 1 is 0.896 bits per heavy atom. The minimum atomic E-state index is -0.898. The summed E-state index contributed by atoms with van der Waals surface area (Å²) in [4.78, 5) is 47.9. The van der Waals surface area contributed by atoms with Gasteiger partial charge < -0.3 is 25.0 Å². The highest BCUT2D eigenvalue weighted by atomic mass is 32.1. The van der Waals surface area contributed by atoms with E-state index in [4.69, 9.17) is 9.47 Å². The summed E-state index contributed by atoms with van der Waals surface area (Å²) in [7, 11) is 6.35. The Morgan fingerprint density at radius 3 is 2.19 bits per heavy atom. The molecule has 16 heteroatoms. The molecule has 0 aliphatic rings. The van der Waals surface area contributed by atoms with Gasteiger partial charge in [0.05, 0.1) is 32.9 Å². The number of methoxy groups -OCH3 is 1. The molecule has 4 rings (SSSR count). The van der Waals surface area contributed by atoms with Crippen LogP contribution in [0.4, 0.5) is 34.9 Å². The van der Waals surface area contributed by atoms with Gasteiger partial charge >= 0.3 is 12.1 Å². The van der Waals surface area contributed by atoms with Crippen molar-refractivity contribution >= 4 is 45.9 Å². The van der Waals surface area contributed by atoms with Crippen LogP contribution in [0.1, 0.15) is 34.8 Å². The summed E-state index contributed by atoms with van der Waals surface area (Å²) in [6.45, 7) is 1.50. The molecular formula is C32H35F2N7O6S. The molecule has 2 aromatic heterocycles. The standard InChI is InChI=1S/C32H35F2N7O6S/c1-6-16-47-32(44)41(18-21-23(33)8-7-9-24(21)34)30-27(29(42)36-25-14-15-26(45-4)38-37-25)22(17-40(2)3)28(48-30)19-10-12-20(13-11-19)35-31(43)39-46-5/h7-15H,6,16-18H2,1-5H3,(H2,35,39,43)(H,36,37,42). The summed E-state index contributed by atoms with van der Waals surface area (Å²) in [6, 6.07) is 12.6. The highest BCUT2D eigenvalue weighted by Crippen LogP contribution is 2.44. The fourth-order valence-corrected chi connectivity index (χ4v) is 5.84. The molecule has 0 spiro atoms. The number of hydrogen-bond donors (Lipinski definition) is 3. The normalized spacial score (nSPS) is 10.8. The number of amides is 4. The monoisotopic (exact) mass is 683 g/mol. The molecule has 2 heterocycles. The molecule has 0 unspecified atom stereocenters. The number of anilines is 3. The summed E-state index contributed by atoms with van der Waals surface area (Å²) in [5.74, 6) is -2.06. The van der Waals surface area contributed by atoms with Gasteiger partial charge in [-0.2, -0.15) is 0 Å². The second-order valence-electron chi connectivity index (χ2n) is 10.5. The maximum Gasteiger partial charge on any atom is 0.415 e. The van der Waals surface area contributed by atoms with Crippen molar-refractivity contribution in [3.05, 3.63) is 82.9 Å². The van der Waals surface area contributed by atoms with Crippen LogP contribution in [0, 0.1) is 11.6 Å². The van der Waals surface area contributed by atoms with Crippen molar-refractivity contribution < 1.29 is 37.5 Å². The maximum absolute atomic E-state index is 15.0. The minimum absolute atomic E-state index is 0.0337. The van der Waals surface area contributed by atoms with E-state index < -0.39 is 36.2 Å². The van der Waals surface area contributed by atoms with Gasteiger partial charge in [0.25, 0.3) is 5.91 Å². The Labute approximate surface area is 279 Å². The number of nitrogens with zero attached hydrogens (tertiary/aromatic N) is 4. The van der Waals surface area contributed by atoms with Crippen molar-refractivity contribution in [3.8, 4) is 16.3 Å². The molecule has 4 aromatic rings.